The van der Waals surface area contributed by atoms with E-state index in [4.69, 9.17) is 16.7 Å². The number of aromatic carboxylic acids is 1. The molecule has 0 spiro atoms. The molecule has 1 saturated heterocycles. The number of carboxylic acids is 1. The summed E-state index contributed by atoms with van der Waals surface area (Å²) in [6.07, 6.45) is 0.799. The van der Waals surface area contributed by atoms with Crippen LogP contribution in [-0.4, -0.2) is 58.3 Å². The Balaban J connectivity index is 1.70. The van der Waals surface area contributed by atoms with E-state index in [0.717, 1.165) is 18.7 Å². The number of anilines is 1. The average Bonchev–Trinajstić information content (AvgIpc) is 2.94. The number of carboxylic acid groups (broad SMARTS) is 1. The number of halogens is 1. The molecule has 0 aliphatic carbocycles. The molecule has 2 heterocycles. The first-order valence-electron chi connectivity index (χ1n) is 7.63. The second-order valence-corrected chi connectivity index (χ2v) is 5.96. The van der Waals surface area contributed by atoms with Crippen molar-refractivity contribution in [2.75, 3.05) is 31.1 Å². The molecule has 1 amide bonds. The highest BCUT2D eigenvalue weighted by Crippen LogP contribution is 2.26. The second-order valence-electron chi connectivity index (χ2n) is 5.56. The SMILES string of the molecule is O=C(O)c1cc(C(=O)N2CCCN(c3ccccc3Cl)CC2)n[nH]1. The highest BCUT2D eigenvalue weighted by Gasteiger charge is 2.23. The fourth-order valence-electron chi connectivity index (χ4n) is 2.77. The van der Waals surface area contributed by atoms with Crippen molar-refractivity contribution in [2.24, 2.45) is 0 Å². The van der Waals surface area contributed by atoms with E-state index in [0.29, 0.717) is 24.7 Å². The van der Waals surface area contributed by atoms with Crippen molar-refractivity contribution < 1.29 is 14.7 Å². The number of carbonyl (C=O) groups is 2. The molecule has 0 atom stereocenters. The molecule has 2 N–H and O–H groups in total. The number of carbonyl (C=O) groups excluding carboxylic acids is 1. The lowest BCUT2D eigenvalue weighted by molar-refractivity contribution is 0.0690. The van der Waals surface area contributed by atoms with Crippen LogP contribution < -0.4 is 4.90 Å². The highest BCUT2D eigenvalue weighted by molar-refractivity contribution is 6.33. The minimum Gasteiger partial charge on any atom is -0.477 e. The van der Waals surface area contributed by atoms with Gasteiger partial charge in [0.2, 0.25) is 0 Å². The number of para-hydroxylation sites is 1. The van der Waals surface area contributed by atoms with E-state index in [1.54, 1.807) is 4.90 Å². The molecule has 0 radical (unpaired) electrons. The average molecular weight is 349 g/mol. The first-order valence-corrected chi connectivity index (χ1v) is 8.01. The fraction of sp³-hybridized carbons (Fsp3) is 0.312. The van der Waals surface area contributed by atoms with Gasteiger partial charge in [0.15, 0.2) is 5.69 Å². The Bertz CT molecular complexity index is 761. The Kier molecular flexibility index (Phi) is 4.71. The van der Waals surface area contributed by atoms with Crippen molar-refractivity contribution in [1.82, 2.24) is 15.1 Å². The predicted molar refractivity (Wildman–Crippen MR) is 89.7 cm³/mol. The normalized spacial score (nSPS) is 15.2. The van der Waals surface area contributed by atoms with Gasteiger partial charge in [-0.2, -0.15) is 5.10 Å². The van der Waals surface area contributed by atoms with Crippen LogP contribution in [0.5, 0.6) is 0 Å². The van der Waals surface area contributed by atoms with Crippen molar-refractivity contribution in [3.05, 3.63) is 46.7 Å². The molecule has 0 saturated carbocycles. The van der Waals surface area contributed by atoms with Crippen LogP contribution in [0.2, 0.25) is 5.02 Å². The summed E-state index contributed by atoms with van der Waals surface area (Å²) in [6, 6.07) is 8.90. The summed E-state index contributed by atoms with van der Waals surface area (Å²) in [5, 5.41) is 15.8. The van der Waals surface area contributed by atoms with Crippen LogP contribution in [0.3, 0.4) is 0 Å². The van der Waals surface area contributed by atoms with Crippen molar-refractivity contribution >= 4 is 29.2 Å². The van der Waals surface area contributed by atoms with E-state index < -0.39 is 5.97 Å². The Morgan fingerprint density at radius 3 is 2.67 bits per heavy atom. The first kappa shape index (κ1) is 16.3. The lowest BCUT2D eigenvalue weighted by Gasteiger charge is -2.24. The summed E-state index contributed by atoms with van der Waals surface area (Å²) in [4.78, 5) is 27.2. The largest absolute Gasteiger partial charge is 0.477 e. The number of hydrogen-bond acceptors (Lipinski definition) is 4. The lowest BCUT2D eigenvalue weighted by Crippen LogP contribution is -2.35. The zero-order valence-corrected chi connectivity index (χ0v) is 13.7. The molecule has 7 nitrogen and oxygen atoms in total. The fourth-order valence-corrected chi connectivity index (χ4v) is 3.03. The van der Waals surface area contributed by atoms with Crippen LogP contribution in [0, 0.1) is 0 Å². The maximum atomic E-state index is 12.5. The van der Waals surface area contributed by atoms with Gasteiger partial charge in [-0.25, -0.2) is 4.79 Å². The van der Waals surface area contributed by atoms with Crippen LogP contribution in [0.4, 0.5) is 5.69 Å². The van der Waals surface area contributed by atoms with Gasteiger partial charge in [-0.05, 0) is 18.6 Å². The van der Waals surface area contributed by atoms with Gasteiger partial charge in [-0.15, -0.1) is 0 Å². The monoisotopic (exact) mass is 348 g/mol. The molecule has 24 heavy (non-hydrogen) atoms. The number of aromatic amines is 1. The third kappa shape index (κ3) is 3.35. The van der Waals surface area contributed by atoms with Gasteiger partial charge >= 0.3 is 5.97 Å². The summed E-state index contributed by atoms with van der Waals surface area (Å²) in [6.45, 7) is 2.58. The van der Waals surface area contributed by atoms with Crippen LogP contribution in [0.25, 0.3) is 0 Å². The predicted octanol–water partition coefficient (Wildman–Crippen LogP) is 2.11. The maximum absolute atomic E-state index is 12.5. The topological polar surface area (TPSA) is 89.5 Å². The standard InChI is InChI=1S/C16H17ClN4O3/c17-11-4-1-2-5-14(11)20-6-3-7-21(9-8-20)15(22)12-10-13(16(23)24)19-18-12/h1-2,4-5,10H,3,6-9H2,(H,18,19)(H,23,24). The van der Waals surface area contributed by atoms with E-state index in [9.17, 15) is 9.59 Å². The molecule has 0 unspecified atom stereocenters. The zero-order valence-electron chi connectivity index (χ0n) is 12.9. The molecular formula is C16H17ClN4O3. The third-order valence-corrected chi connectivity index (χ3v) is 4.32. The van der Waals surface area contributed by atoms with Gasteiger partial charge < -0.3 is 14.9 Å². The van der Waals surface area contributed by atoms with Crippen molar-refractivity contribution in [3.8, 4) is 0 Å². The smallest absolute Gasteiger partial charge is 0.353 e. The zero-order chi connectivity index (χ0) is 17.1. The number of nitrogens with one attached hydrogen (secondary N) is 1. The number of benzene rings is 1. The molecule has 1 aromatic carbocycles. The summed E-state index contributed by atoms with van der Waals surface area (Å²) in [5.74, 6) is -1.40. The summed E-state index contributed by atoms with van der Waals surface area (Å²) < 4.78 is 0. The second kappa shape index (κ2) is 6.92. The highest BCUT2D eigenvalue weighted by atomic mass is 35.5. The summed E-state index contributed by atoms with van der Waals surface area (Å²) in [7, 11) is 0. The number of rotatable bonds is 3. The van der Waals surface area contributed by atoms with Gasteiger partial charge in [0.1, 0.15) is 5.69 Å². The van der Waals surface area contributed by atoms with E-state index >= 15 is 0 Å². The van der Waals surface area contributed by atoms with Gasteiger partial charge in [0.25, 0.3) is 5.91 Å². The molecule has 1 fully saturated rings. The molecule has 1 aromatic heterocycles. The van der Waals surface area contributed by atoms with Crippen molar-refractivity contribution in [2.45, 2.75) is 6.42 Å². The van der Waals surface area contributed by atoms with Gasteiger partial charge in [-0.3, -0.25) is 9.89 Å². The van der Waals surface area contributed by atoms with Gasteiger partial charge in [0.05, 0.1) is 10.7 Å². The van der Waals surface area contributed by atoms with E-state index in [1.165, 1.54) is 6.07 Å². The van der Waals surface area contributed by atoms with Crippen molar-refractivity contribution in [3.63, 3.8) is 0 Å². The number of hydrogen-bond donors (Lipinski definition) is 2. The first-order chi connectivity index (χ1) is 11.6. The van der Waals surface area contributed by atoms with Crippen LogP contribution in [0.1, 0.15) is 27.4 Å². The van der Waals surface area contributed by atoms with Crippen LogP contribution in [-0.2, 0) is 0 Å². The number of H-pyrrole nitrogens is 1. The lowest BCUT2D eigenvalue weighted by atomic mass is 10.2. The number of amides is 1. The van der Waals surface area contributed by atoms with E-state index in [2.05, 4.69) is 15.1 Å². The Morgan fingerprint density at radius 2 is 1.96 bits per heavy atom. The molecule has 2 aromatic rings. The van der Waals surface area contributed by atoms with Crippen LogP contribution in [0.15, 0.2) is 30.3 Å². The molecule has 1 aliphatic rings. The molecule has 0 bridgehead atoms. The molecule has 1 aliphatic heterocycles. The quantitative estimate of drug-likeness (QED) is 0.886. The number of nitrogens with zero attached hydrogens (tertiary/aromatic N) is 3. The molecular weight excluding hydrogens is 332 g/mol. The Hall–Kier alpha value is -2.54. The Morgan fingerprint density at radius 1 is 1.17 bits per heavy atom. The van der Waals surface area contributed by atoms with E-state index in [1.807, 2.05) is 24.3 Å². The Labute approximate surface area is 143 Å². The molecule has 126 valence electrons. The van der Waals surface area contributed by atoms with Crippen molar-refractivity contribution in [1.29, 1.82) is 0 Å². The maximum Gasteiger partial charge on any atom is 0.353 e. The summed E-state index contributed by atoms with van der Waals surface area (Å²) >= 11 is 6.25. The number of aromatic nitrogens is 2. The summed E-state index contributed by atoms with van der Waals surface area (Å²) in [5.41, 5.74) is 0.992. The third-order valence-electron chi connectivity index (χ3n) is 4.00. The minimum absolute atomic E-state index is 0.0918. The molecule has 3 rings (SSSR count). The minimum atomic E-state index is -1.14. The van der Waals surface area contributed by atoms with Gasteiger partial charge in [-0.1, -0.05) is 23.7 Å². The van der Waals surface area contributed by atoms with Gasteiger partial charge in [0, 0.05) is 32.2 Å². The molecule has 8 heteroatoms. The van der Waals surface area contributed by atoms with E-state index in [-0.39, 0.29) is 17.3 Å². The van der Waals surface area contributed by atoms with Crippen LogP contribution >= 0.6 is 11.6 Å².